The molecule has 0 fully saturated rings. The topological polar surface area (TPSA) is 9.23 Å². The Balaban J connectivity index is 6.07. The van der Waals surface area contributed by atoms with Crippen LogP contribution in [0.5, 0.6) is 0 Å². The number of unbranched alkanes of at least 4 members (excludes halogenated alkanes) is 2. The Morgan fingerprint density at radius 2 is 1.00 bits per heavy atom. The molecule has 14 heteroatoms. The lowest BCUT2D eigenvalue weighted by Crippen LogP contribution is -2.71. The van der Waals surface area contributed by atoms with Crippen molar-refractivity contribution < 1.29 is 61.8 Å². The molecule has 0 bridgehead atoms. The van der Waals surface area contributed by atoms with Crippen molar-refractivity contribution in [1.82, 2.24) is 0 Å². The fourth-order valence-electron chi connectivity index (χ4n) is 1.49. The van der Waals surface area contributed by atoms with Gasteiger partial charge < -0.3 is 4.74 Å². The second-order valence-corrected chi connectivity index (χ2v) is 4.87. The third kappa shape index (κ3) is 3.92. The molecule has 0 aromatic rings. The molecule has 0 saturated heterocycles. The average Bonchev–Trinajstić information content (AvgIpc) is 2.40. The summed E-state index contributed by atoms with van der Waals surface area (Å²) < 4.78 is 168. The SMILES string of the molecule is CCCCCOC(F)(C(F)(F)F)C(F)(F)C(F)(F)C(F)(F)C(F)(F)F. The predicted molar refractivity (Wildman–Crippen MR) is 56.3 cm³/mol. The van der Waals surface area contributed by atoms with Gasteiger partial charge in [-0.25, -0.2) is 0 Å². The monoisotopic (exact) mass is 406 g/mol. The predicted octanol–water partition coefficient (Wildman–Crippen LogP) is 5.89. The lowest BCUT2D eigenvalue weighted by Gasteiger charge is -2.40. The Morgan fingerprint density at radius 1 is 0.560 bits per heavy atom. The van der Waals surface area contributed by atoms with Gasteiger partial charge in [-0.1, -0.05) is 19.8 Å². The summed E-state index contributed by atoms with van der Waals surface area (Å²) in [5.74, 6) is -29.8. The maximum Gasteiger partial charge on any atom is 0.460 e. The molecule has 0 radical (unpaired) electrons. The van der Waals surface area contributed by atoms with E-state index in [0.717, 1.165) is 0 Å². The Kier molecular flexibility index (Phi) is 6.72. The minimum atomic E-state index is -7.80. The number of hydrogen-bond donors (Lipinski definition) is 0. The molecule has 0 N–H and O–H groups in total. The molecule has 0 spiro atoms. The van der Waals surface area contributed by atoms with Crippen LogP contribution in [0.3, 0.4) is 0 Å². The summed E-state index contributed by atoms with van der Waals surface area (Å²) in [5, 5.41) is 0. The molecule has 0 saturated carbocycles. The first-order valence-corrected chi connectivity index (χ1v) is 6.41. The maximum absolute atomic E-state index is 13.6. The van der Waals surface area contributed by atoms with Crippen molar-refractivity contribution in [2.75, 3.05) is 6.61 Å². The van der Waals surface area contributed by atoms with Gasteiger partial charge >= 0.3 is 36.0 Å². The summed E-state index contributed by atoms with van der Waals surface area (Å²) in [6, 6.07) is 0. The molecule has 0 aliphatic heterocycles. The smallest absolute Gasteiger partial charge is 0.334 e. The first-order chi connectivity index (χ1) is 10.8. The number of alkyl halides is 13. The van der Waals surface area contributed by atoms with Gasteiger partial charge in [0.15, 0.2) is 0 Å². The van der Waals surface area contributed by atoms with E-state index < -0.39 is 49.0 Å². The van der Waals surface area contributed by atoms with Crippen molar-refractivity contribution in [3.8, 4) is 0 Å². The first-order valence-electron chi connectivity index (χ1n) is 6.41. The van der Waals surface area contributed by atoms with E-state index in [4.69, 9.17) is 0 Å². The molecule has 0 aliphatic carbocycles. The van der Waals surface area contributed by atoms with Crippen LogP contribution in [0.4, 0.5) is 57.1 Å². The van der Waals surface area contributed by atoms with Crippen LogP contribution in [0, 0.1) is 0 Å². The Morgan fingerprint density at radius 3 is 1.32 bits per heavy atom. The lowest BCUT2D eigenvalue weighted by atomic mass is 9.96. The summed E-state index contributed by atoms with van der Waals surface area (Å²) in [6.07, 6.45) is -14.8. The third-order valence-corrected chi connectivity index (χ3v) is 2.96. The van der Waals surface area contributed by atoms with Crippen LogP contribution in [0.1, 0.15) is 26.2 Å². The summed E-state index contributed by atoms with van der Waals surface area (Å²) in [5.41, 5.74) is 0. The average molecular weight is 406 g/mol. The van der Waals surface area contributed by atoms with Crippen molar-refractivity contribution in [2.24, 2.45) is 0 Å². The third-order valence-electron chi connectivity index (χ3n) is 2.96. The van der Waals surface area contributed by atoms with E-state index in [1.807, 2.05) is 0 Å². The van der Waals surface area contributed by atoms with Crippen LogP contribution < -0.4 is 0 Å². The first kappa shape index (κ1) is 24.1. The standard InChI is InChI=1S/C11H11F13O/c1-2-3-4-5-25-9(18,11(22,23)24)7(14,15)6(12,13)8(16,17)10(19,20)21/h2-5H2,1H3. The lowest BCUT2D eigenvalue weighted by molar-refractivity contribution is -0.472. The zero-order chi connectivity index (χ0) is 20.5. The summed E-state index contributed by atoms with van der Waals surface area (Å²) in [7, 11) is 0. The van der Waals surface area contributed by atoms with E-state index in [-0.39, 0.29) is 12.8 Å². The van der Waals surface area contributed by atoms with Crippen molar-refractivity contribution >= 4 is 0 Å². The van der Waals surface area contributed by atoms with Crippen LogP contribution in [0.15, 0.2) is 0 Å². The van der Waals surface area contributed by atoms with Crippen LogP contribution in [-0.4, -0.2) is 42.6 Å². The van der Waals surface area contributed by atoms with Crippen LogP contribution >= 0.6 is 0 Å². The Bertz CT molecular complexity index is 438. The summed E-state index contributed by atoms with van der Waals surface area (Å²) >= 11 is 0. The number of ether oxygens (including phenoxy) is 1. The molecule has 0 rings (SSSR count). The van der Waals surface area contributed by atoms with E-state index >= 15 is 0 Å². The molecule has 1 unspecified atom stereocenters. The van der Waals surface area contributed by atoms with Gasteiger partial charge in [-0.05, 0) is 6.42 Å². The van der Waals surface area contributed by atoms with Gasteiger partial charge in [-0.2, -0.15) is 57.1 Å². The highest BCUT2D eigenvalue weighted by molar-refractivity contribution is 5.08. The van der Waals surface area contributed by atoms with E-state index in [9.17, 15) is 57.1 Å². The zero-order valence-corrected chi connectivity index (χ0v) is 12.2. The number of rotatable bonds is 8. The molecular formula is C11H11F13O. The van der Waals surface area contributed by atoms with Crippen LogP contribution in [-0.2, 0) is 4.74 Å². The second kappa shape index (κ2) is 6.99. The minimum absolute atomic E-state index is 0.0470. The zero-order valence-electron chi connectivity index (χ0n) is 12.2. The van der Waals surface area contributed by atoms with Gasteiger partial charge in [-0.3, -0.25) is 0 Å². The van der Waals surface area contributed by atoms with Crippen molar-refractivity contribution in [1.29, 1.82) is 0 Å². The van der Waals surface area contributed by atoms with E-state index in [1.165, 1.54) is 6.92 Å². The normalized spacial score (nSPS) is 17.5. The molecule has 0 heterocycles. The van der Waals surface area contributed by atoms with Crippen LogP contribution in [0.25, 0.3) is 0 Å². The molecular weight excluding hydrogens is 395 g/mol. The van der Waals surface area contributed by atoms with Gasteiger partial charge in [0.2, 0.25) is 0 Å². The summed E-state index contributed by atoms with van der Waals surface area (Å²) in [4.78, 5) is 0. The molecule has 25 heavy (non-hydrogen) atoms. The van der Waals surface area contributed by atoms with E-state index in [0.29, 0.717) is 0 Å². The molecule has 0 aromatic carbocycles. The molecule has 1 nitrogen and oxygen atoms in total. The highest BCUT2D eigenvalue weighted by Gasteiger charge is 2.91. The highest BCUT2D eigenvalue weighted by Crippen LogP contribution is 2.60. The molecule has 0 aliphatic rings. The van der Waals surface area contributed by atoms with Gasteiger partial charge in [0.25, 0.3) is 0 Å². The fraction of sp³-hybridized carbons (Fsp3) is 1.00. The Hall–Kier alpha value is -0.950. The number of halogens is 13. The van der Waals surface area contributed by atoms with Gasteiger partial charge in [0.05, 0.1) is 6.61 Å². The maximum atomic E-state index is 13.6. The molecule has 0 amide bonds. The minimum Gasteiger partial charge on any atom is -0.334 e. The van der Waals surface area contributed by atoms with E-state index in [2.05, 4.69) is 4.74 Å². The quantitative estimate of drug-likeness (QED) is 0.361. The fourth-order valence-corrected chi connectivity index (χ4v) is 1.49. The molecule has 1 atom stereocenters. The molecule has 152 valence electrons. The van der Waals surface area contributed by atoms with Crippen molar-refractivity contribution in [3.05, 3.63) is 0 Å². The Labute approximate surface area is 132 Å². The number of hydrogen-bond acceptors (Lipinski definition) is 1. The second-order valence-electron chi connectivity index (χ2n) is 4.87. The van der Waals surface area contributed by atoms with Crippen molar-refractivity contribution in [2.45, 2.75) is 62.2 Å². The van der Waals surface area contributed by atoms with Crippen LogP contribution in [0.2, 0.25) is 0 Å². The van der Waals surface area contributed by atoms with E-state index in [1.54, 1.807) is 0 Å². The van der Waals surface area contributed by atoms with Gasteiger partial charge in [0, 0.05) is 0 Å². The van der Waals surface area contributed by atoms with Gasteiger partial charge in [-0.15, -0.1) is 0 Å². The summed E-state index contributed by atoms with van der Waals surface area (Å²) in [6.45, 7) is -0.133. The van der Waals surface area contributed by atoms with Crippen molar-refractivity contribution in [3.63, 3.8) is 0 Å². The van der Waals surface area contributed by atoms with Gasteiger partial charge in [0.1, 0.15) is 0 Å². The largest absolute Gasteiger partial charge is 0.460 e. The molecule has 0 aromatic heterocycles. The highest BCUT2D eigenvalue weighted by atomic mass is 19.4.